The highest BCUT2D eigenvalue weighted by Gasteiger charge is 1.98. The van der Waals surface area contributed by atoms with Crippen molar-refractivity contribution < 1.29 is 14.3 Å². The second-order valence-corrected chi connectivity index (χ2v) is 2.20. The molecule has 1 rings (SSSR count). The highest BCUT2D eigenvalue weighted by Crippen LogP contribution is 2.02. The molecule has 66 valence electrons. The van der Waals surface area contributed by atoms with Gasteiger partial charge in [0.2, 0.25) is 0 Å². The number of rotatable bonds is 2. The van der Waals surface area contributed by atoms with Crippen LogP contribution in [0.4, 0.5) is 4.39 Å². The summed E-state index contributed by atoms with van der Waals surface area (Å²) in [6, 6.07) is 5.42. The Morgan fingerprint density at radius 1 is 1.33 bits per heavy atom. The van der Waals surface area contributed by atoms with Gasteiger partial charge in [-0.3, -0.25) is 4.79 Å². The lowest BCUT2D eigenvalue weighted by Crippen LogP contribution is -1.99. The van der Waals surface area contributed by atoms with Gasteiger partial charge in [0.1, 0.15) is 5.82 Å². The molecule has 0 spiro atoms. The molecular weight excluding hydrogens is 183 g/mol. The molecule has 0 aliphatic heterocycles. The zero-order chi connectivity index (χ0) is 8.27. The third-order valence-electron chi connectivity index (χ3n) is 1.27. The summed E-state index contributed by atoms with van der Waals surface area (Å²) < 4.78 is 12.3. The molecule has 1 N–H and O–H groups in total. The van der Waals surface area contributed by atoms with Crippen molar-refractivity contribution in [3.8, 4) is 0 Å². The Bertz CT molecular complexity index is 258. The molecule has 0 aromatic heterocycles. The Balaban J connectivity index is 0.00000121. The van der Waals surface area contributed by atoms with Gasteiger partial charge in [0, 0.05) is 0 Å². The molecule has 0 atom stereocenters. The predicted octanol–water partition coefficient (Wildman–Crippen LogP) is 1.87. The van der Waals surface area contributed by atoms with E-state index in [4.69, 9.17) is 5.11 Å². The normalized spacial score (nSPS) is 8.75. The average Bonchev–Trinajstić information content (AvgIpc) is 1.93. The van der Waals surface area contributed by atoms with Crippen molar-refractivity contribution in [1.82, 2.24) is 0 Å². The van der Waals surface area contributed by atoms with E-state index in [0.29, 0.717) is 5.56 Å². The van der Waals surface area contributed by atoms with Crippen LogP contribution in [0.2, 0.25) is 0 Å². The summed E-state index contributed by atoms with van der Waals surface area (Å²) in [6.07, 6.45) is -0.0553. The fraction of sp³-hybridized carbons (Fsp3) is 0.125. The first-order valence-corrected chi connectivity index (χ1v) is 3.15. The lowest BCUT2D eigenvalue weighted by molar-refractivity contribution is -0.136. The van der Waals surface area contributed by atoms with Crippen LogP contribution in [-0.2, 0) is 11.2 Å². The third kappa shape index (κ3) is 3.34. The van der Waals surface area contributed by atoms with Crippen molar-refractivity contribution in [3.63, 3.8) is 0 Å². The zero-order valence-corrected chi connectivity index (χ0v) is 6.97. The first kappa shape index (κ1) is 10.9. The van der Waals surface area contributed by atoms with Crippen molar-refractivity contribution >= 4 is 18.4 Å². The molecule has 4 heteroatoms. The number of carboxylic acids is 1. The van der Waals surface area contributed by atoms with Crippen LogP contribution >= 0.6 is 12.4 Å². The zero-order valence-electron chi connectivity index (χ0n) is 6.16. The summed E-state index contributed by atoms with van der Waals surface area (Å²) >= 11 is 0. The molecule has 0 saturated heterocycles. The van der Waals surface area contributed by atoms with Crippen LogP contribution in [0, 0.1) is 5.82 Å². The summed E-state index contributed by atoms with van der Waals surface area (Å²) in [6.45, 7) is 0. The topological polar surface area (TPSA) is 37.3 Å². The monoisotopic (exact) mass is 190 g/mol. The maximum atomic E-state index is 12.3. The van der Waals surface area contributed by atoms with Crippen LogP contribution in [0.15, 0.2) is 24.3 Å². The average molecular weight is 191 g/mol. The first-order valence-electron chi connectivity index (χ1n) is 3.15. The van der Waals surface area contributed by atoms with Gasteiger partial charge in [-0.05, 0) is 17.7 Å². The van der Waals surface area contributed by atoms with E-state index in [1.807, 2.05) is 0 Å². The van der Waals surface area contributed by atoms with Crippen molar-refractivity contribution in [2.45, 2.75) is 6.42 Å². The van der Waals surface area contributed by atoms with E-state index in [2.05, 4.69) is 0 Å². The Morgan fingerprint density at radius 2 is 1.83 bits per heavy atom. The minimum absolute atomic E-state index is 0. The van der Waals surface area contributed by atoms with Crippen LogP contribution in [0.5, 0.6) is 0 Å². The summed E-state index contributed by atoms with van der Waals surface area (Å²) in [7, 11) is 0. The number of hydrogen-bond acceptors (Lipinski definition) is 1. The lowest BCUT2D eigenvalue weighted by atomic mass is 10.1. The van der Waals surface area contributed by atoms with Gasteiger partial charge in [-0.15, -0.1) is 12.4 Å². The van der Waals surface area contributed by atoms with Crippen LogP contribution in [0.1, 0.15) is 5.56 Å². The van der Waals surface area contributed by atoms with Gasteiger partial charge >= 0.3 is 5.97 Å². The van der Waals surface area contributed by atoms with Crippen molar-refractivity contribution in [3.05, 3.63) is 35.6 Å². The number of carbonyl (C=O) groups is 1. The van der Waals surface area contributed by atoms with Gasteiger partial charge in [-0.25, -0.2) is 4.39 Å². The molecule has 0 amide bonds. The Kier molecular flexibility index (Phi) is 4.29. The Labute approximate surface area is 75.4 Å². The third-order valence-corrected chi connectivity index (χ3v) is 1.27. The molecule has 0 heterocycles. The molecule has 0 aliphatic carbocycles. The molecule has 0 unspecified atom stereocenters. The molecule has 0 radical (unpaired) electrons. The lowest BCUT2D eigenvalue weighted by Gasteiger charge is -1.94. The van der Waals surface area contributed by atoms with E-state index < -0.39 is 5.97 Å². The molecule has 1 aromatic rings. The summed E-state index contributed by atoms with van der Waals surface area (Å²) in [5, 5.41) is 8.34. The van der Waals surface area contributed by atoms with Crippen molar-refractivity contribution in [2.24, 2.45) is 0 Å². The van der Waals surface area contributed by atoms with Gasteiger partial charge < -0.3 is 5.11 Å². The quantitative estimate of drug-likeness (QED) is 0.773. The van der Waals surface area contributed by atoms with Gasteiger partial charge in [0.05, 0.1) is 6.42 Å². The standard InChI is InChI=1S/C8H7FO2.ClH/c9-7-3-1-6(2-4-7)5-8(10)11;/h1-4H,5H2,(H,10,11);1H. The van der Waals surface area contributed by atoms with E-state index in [0.717, 1.165) is 0 Å². The van der Waals surface area contributed by atoms with Crippen molar-refractivity contribution in [1.29, 1.82) is 0 Å². The smallest absolute Gasteiger partial charge is 0.307 e. The molecule has 0 bridgehead atoms. The second kappa shape index (κ2) is 4.72. The summed E-state index contributed by atoms with van der Waals surface area (Å²) in [5.74, 6) is -1.25. The Hall–Kier alpha value is -1.09. The van der Waals surface area contributed by atoms with E-state index in [1.54, 1.807) is 0 Å². The summed E-state index contributed by atoms with van der Waals surface area (Å²) in [5.41, 5.74) is 0.610. The molecule has 0 saturated carbocycles. The molecule has 12 heavy (non-hydrogen) atoms. The first-order chi connectivity index (χ1) is 5.18. The number of carboxylic acid groups (broad SMARTS) is 1. The maximum absolute atomic E-state index is 12.3. The highest BCUT2D eigenvalue weighted by molar-refractivity contribution is 5.85. The molecule has 0 aliphatic rings. The molecule has 2 nitrogen and oxygen atoms in total. The van der Waals surface area contributed by atoms with Gasteiger partial charge in [-0.1, -0.05) is 12.1 Å². The van der Waals surface area contributed by atoms with Gasteiger partial charge in [-0.2, -0.15) is 0 Å². The fourth-order valence-corrected chi connectivity index (χ4v) is 0.777. The molecule has 1 aromatic carbocycles. The SMILES string of the molecule is Cl.O=C(O)Cc1ccc(F)cc1. The minimum Gasteiger partial charge on any atom is -0.481 e. The summed E-state index contributed by atoms with van der Waals surface area (Å²) in [4.78, 5) is 10.2. The van der Waals surface area contributed by atoms with Gasteiger partial charge in [0.25, 0.3) is 0 Å². The highest BCUT2D eigenvalue weighted by atomic mass is 35.5. The van der Waals surface area contributed by atoms with Crippen LogP contribution < -0.4 is 0 Å². The largest absolute Gasteiger partial charge is 0.481 e. The predicted molar refractivity (Wildman–Crippen MR) is 45.0 cm³/mol. The van der Waals surface area contributed by atoms with E-state index in [1.165, 1.54) is 24.3 Å². The number of aliphatic carboxylic acids is 1. The Morgan fingerprint density at radius 3 is 2.25 bits per heavy atom. The van der Waals surface area contributed by atoms with E-state index in [9.17, 15) is 9.18 Å². The fourth-order valence-electron chi connectivity index (χ4n) is 0.777. The van der Waals surface area contributed by atoms with Crippen molar-refractivity contribution in [2.75, 3.05) is 0 Å². The van der Waals surface area contributed by atoms with E-state index in [-0.39, 0.29) is 24.6 Å². The molecular formula is C8H8ClFO2. The van der Waals surface area contributed by atoms with E-state index >= 15 is 0 Å². The van der Waals surface area contributed by atoms with Crippen LogP contribution in [-0.4, -0.2) is 11.1 Å². The second-order valence-electron chi connectivity index (χ2n) is 2.20. The number of halogens is 2. The molecule has 0 fully saturated rings. The van der Waals surface area contributed by atoms with Crippen LogP contribution in [0.25, 0.3) is 0 Å². The minimum atomic E-state index is -0.906. The maximum Gasteiger partial charge on any atom is 0.307 e. The number of benzene rings is 1. The van der Waals surface area contributed by atoms with Crippen LogP contribution in [0.3, 0.4) is 0 Å². The number of hydrogen-bond donors (Lipinski definition) is 1. The van der Waals surface area contributed by atoms with Gasteiger partial charge in [0.15, 0.2) is 0 Å².